The van der Waals surface area contributed by atoms with Gasteiger partial charge in [-0.05, 0) is 42.7 Å². The molecule has 27 heavy (non-hydrogen) atoms. The number of phenolic OH excluding ortho intramolecular Hbond substituents is 1. The number of fused-ring (bicyclic) bond motifs is 1. The highest BCUT2D eigenvalue weighted by Gasteiger charge is 2.24. The zero-order valence-electron chi connectivity index (χ0n) is 14.8. The quantitative estimate of drug-likeness (QED) is 0.498. The van der Waals surface area contributed by atoms with Crippen molar-refractivity contribution in [2.24, 2.45) is 5.92 Å². The molecule has 140 valence electrons. The number of hydrogen-bond acceptors (Lipinski definition) is 5. The highest BCUT2D eigenvalue weighted by Crippen LogP contribution is 2.26. The van der Waals surface area contributed by atoms with E-state index in [9.17, 15) is 19.1 Å². The summed E-state index contributed by atoms with van der Waals surface area (Å²) in [6.07, 6.45) is 0.912. The minimum absolute atomic E-state index is 0.131. The van der Waals surface area contributed by atoms with Crippen LogP contribution < -0.4 is 0 Å². The van der Waals surface area contributed by atoms with E-state index in [1.165, 1.54) is 29.5 Å². The Morgan fingerprint density at radius 2 is 2.04 bits per heavy atom. The van der Waals surface area contributed by atoms with Gasteiger partial charge in [-0.15, -0.1) is 11.3 Å². The second-order valence-electron chi connectivity index (χ2n) is 6.20. The fourth-order valence-electron chi connectivity index (χ4n) is 2.97. The lowest BCUT2D eigenvalue weighted by Crippen LogP contribution is -2.37. The largest absolute Gasteiger partial charge is 0.508 e. The van der Waals surface area contributed by atoms with E-state index in [0.29, 0.717) is 23.0 Å². The Kier molecular flexibility index (Phi) is 5.81. The van der Waals surface area contributed by atoms with Gasteiger partial charge in [0.05, 0.1) is 21.6 Å². The predicted octanol–water partition coefficient (Wildman–Crippen LogP) is 3.55. The number of aromatic hydroxyl groups is 1. The number of rotatable bonds is 7. The van der Waals surface area contributed by atoms with Crippen LogP contribution in [0, 0.1) is 11.7 Å². The Bertz CT molecular complexity index is 956. The van der Waals surface area contributed by atoms with Crippen molar-refractivity contribution >= 4 is 33.7 Å². The lowest BCUT2D eigenvalue weighted by Gasteiger charge is -2.24. The van der Waals surface area contributed by atoms with Crippen LogP contribution in [0.2, 0.25) is 0 Å². The second kappa shape index (κ2) is 8.26. The van der Waals surface area contributed by atoms with Gasteiger partial charge in [0.1, 0.15) is 17.9 Å². The summed E-state index contributed by atoms with van der Waals surface area (Å²) >= 11 is 1.22. The fraction of sp³-hybridized carbons (Fsp3) is 0.250. The van der Waals surface area contributed by atoms with Gasteiger partial charge in [0.25, 0.3) is 0 Å². The first-order chi connectivity index (χ1) is 13.0. The van der Waals surface area contributed by atoms with E-state index in [2.05, 4.69) is 4.98 Å². The molecule has 1 aromatic heterocycles. The van der Waals surface area contributed by atoms with Gasteiger partial charge in [-0.3, -0.25) is 4.79 Å². The summed E-state index contributed by atoms with van der Waals surface area (Å²) < 4.78 is 14.3. The molecule has 0 spiro atoms. The van der Waals surface area contributed by atoms with Crippen molar-refractivity contribution in [2.75, 3.05) is 6.54 Å². The van der Waals surface area contributed by atoms with Crippen LogP contribution in [0.4, 0.5) is 4.39 Å². The van der Waals surface area contributed by atoms with Crippen LogP contribution in [0.5, 0.6) is 5.75 Å². The molecule has 0 saturated carbocycles. The number of aromatic nitrogens is 1. The third-order valence-corrected chi connectivity index (χ3v) is 5.28. The Morgan fingerprint density at radius 1 is 1.30 bits per heavy atom. The Labute approximate surface area is 160 Å². The predicted molar refractivity (Wildman–Crippen MR) is 102 cm³/mol. The lowest BCUT2D eigenvalue weighted by atomic mass is 9.98. The molecule has 3 aromatic rings. The highest BCUT2D eigenvalue weighted by molar-refractivity contribution is 7.16. The van der Waals surface area contributed by atoms with E-state index in [-0.39, 0.29) is 30.4 Å². The molecule has 0 radical (unpaired) electrons. The number of thiazole rings is 1. The van der Waals surface area contributed by atoms with Crippen molar-refractivity contribution in [3.63, 3.8) is 0 Å². The number of amides is 1. The van der Waals surface area contributed by atoms with Crippen LogP contribution in [0.15, 0.2) is 41.9 Å². The average Bonchev–Trinajstić information content (AvgIpc) is 3.18. The molecular weight excluding hydrogens is 367 g/mol. The third kappa shape index (κ3) is 4.14. The number of carbonyl (C=O) groups excluding carboxylic acids is 2. The van der Waals surface area contributed by atoms with Crippen molar-refractivity contribution in [2.45, 2.75) is 19.9 Å². The maximum atomic E-state index is 13.9. The second-order valence-corrected chi connectivity index (χ2v) is 7.06. The molecular formula is C20H19FN2O3S. The monoisotopic (exact) mass is 386 g/mol. The first kappa shape index (κ1) is 19.0. The van der Waals surface area contributed by atoms with Crippen LogP contribution in [0.3, 0.4) is 0 Å². The van der Waals surface area contributed by atoms with Crippen molar-refractivity contribution in [1.29, 1.82) is 0 Å². The minimum Gasteiger partial charge on any atom is -0.508 e. The number of nitrogens with zero attached hydrogens (tertiary/aromatic N) is 2. The molecule has 2 aromatic carbocycles. The van der Waals surface area contributed by atoms with Gasteiger partial charge in [-0.1, -0.05) is 18.2 Å². The zero-order chi connectivity index (χ0) is 19.4. The summed E-state index contributed by atoms with van der Waals surface area (Å²) in [6, 6.07) is 9.43. The summed E-state index contributed by atoms with van der Waals surface area (Å²) in [7, 11) is 0. The lowest BCUT2D eigenvalue weighted by molar-refractivity contribution is -0.138. The summed E-state index contributed by atoms with van der Waals surface area (Å²) in [5, 5.41) is 9.36. The Morgan fingerprint density at radius 3 is 2.70 bits per heavy atom. The smallest absolute Gasteiger partial charge is 0.233 e. The number of aldehydes is 1. The molecule has 0 aliphatic heterocycles. The molecule has 0 saturated heterocycles. The van der Waals surface area contributed by atoms with Gasteiger partial charge in [-0.25, -0.2) is 9.37 Å². The van der Waals surface area contributed by atoms with E-state index in [0.717, 1.165) is 11.1 Å². The van der Waals surface area contributed by atoms with E-state index in [4.69, 9.17) is 0 Å². The molecule has 0 bridgehead atoms. The highest BCUT2D eigenvalue weighted by atomic mass is 32.1. The average molecular weight is 386 g/mol. The normalized spacial score (nSPS) is 12.1. The number of carbonyl (C=O) groups is 2. The number of phenols is 1. The van der Waals surface area contributed by atoms with Gasteiger partial charge in [0.15, 0.2) is 0 Å². The van der Waals surface area contributed by atoms with Crippen molar-refractivity contribution in [3.8, 4) is 5.75 Å². The van der Waals surface area contributed by atoms with Crippen molar-refractivity contribution in [1.82, 2.24) is 9.88 Å². The van der Waals surface area contributed by atoms with Crippen LogP contribution in [-0.2, 0) is 22.6 Å². The minimum atomic E-state index is -0.819. The molecule has 1 amide bonds. The summed E-state index contributed by atoms with van der Waals surface area (Å²) in [4.78, 5) is 30.2. The summed E-state index contributed by atoms with van der Waals surface area (Å²) in [5.74, 6) is -1.30. The molecule has 1 heterocycles. The van der Waals surface area contributed by atoms with Gasteiger partial charge in [0.2, 0.25) is 5.91 Å². The summed E-state index contributed by atoms with van der Waals surface area (Å²) in [5.41, 5.74) is 3.66. The van der Waals surface area contributed by atoms with Crippen LogP contribution in [0.1, 0.15) is 18.1 Å². The number of benzene rings is 2. The molecule has 1 unspecified atom stereocenters. The molecule has 0 aliphatic rings. The molecule has 0 aliphatic carbocycles. The van der Waals surface area contributed by atoms with Gasteiger partial charge in [0, 0.05) is 13.1 Å². The Balaban J connectivity index is 1.79. The van der Waals surface area contributed by atoms with E-state index in [1.807, 2.05) is 6.92 Å². The maximum absolute atomic E-state index is 13.9. The standard InChI is InChI=1S/C20H19FN2O3S/c1-2-23(10-14-5-8-17(21)19-18(14)22-12-27-19)20(26)15(11-24)9-13-3-6-16(25)7-4-13/h3-8,11-12,15,25H,2,9-10H2,1H3. The molecule has 1 atom stereocenters. The third-order valence-electron chi connectivity index (χ3n) is 4.45. The maximum Gasteiger partial charge on any atom is 0.233 e. The topological polar surface area (TPSA) is 70.5 Å². The van der Waals surface area contributed by atoms with Crippen LogP contribution in [0.25, 0.3) is 10.2 Å². The first-order valence-corrected chi connectivity index (χ1v) is 9.44. The molecule has 0 fully saturated rings. The zero-order valence-corrected chi connectivity index (χ0v) is 15.6. The Hall–Kier alpha value is -2.80. The van der Waals surface area contributed by atoms with Crippen molar-refractivity contribution in [3.05, 3.63) is 58.9 Å². The van der Waals surface area contributed by atoms with Gasteiger partial charge < -0.3 is 14.8 Å². The first-order valence-electron chi connectivity index (χ1n) is 8.56. The summed E-state index contributed by atoms with van der Waals surface area (Å²) in [6.45, 7) is 2.51. The van der Waals surface area contributed by atoms with Crippen molar-refractivity contribution < 1.29 is 19.1 Å². The van der Waals surface area contributed by atoms with Crippen LogP contribution in [-0.4, -0.2) is 33.7 Å². The molecule has 5 nitrogen and oxygen atoms in total. The van der Waals surface area contributed by atoms with Gasteiger partial charge in [-0.2, -0.15) is 0 Å². The number of hydrogen-bond donors (Lipinski definition) is 1. The molecule has 7 heteroatoms. The fourth-order valence-corrected chi connectivity index (χ4v) is 3.71. The van der Waals surface area contributed by atoms with E-state index < -0.39 is 5.92 Å². The van der Waals surface area contributed by atoms with E-state index >= 15 is 0 Å². The molecule has 1 N–H and O–H groups in total. The number of halogens is 1. The van der Waals surface area contributed by atoms with E-state index in [1.54, 1.807) is 28.6 Å². The van der Waals surface area contributed by atoms with Crippen LogP contribution >= 0.6 is 11.3 Å². The SMILES string of the molecule is CCN(Cc1ccc(F)c2scnc12)C(=O)C(C=O)Cc1ccc(O)cc1. The molecule has 3 rings (SSSR count). The van der Waals surface area contributed by atoms with Gasteiger partial charge >= 0.3 is 0 Å².